The summed E-state index contributed by atoms with van der Waals surface area (Å²) < 4.78 is 10.9. The number of epoxide rings is 1. The summed E-state index contributed by atoms with van der Waals surface area (Å²) >= 11 is 1.51. The summed E-state index contributed by atoms with van der Waals surface area (Å²) in [5, 5.41) is 0. The average molecular weight is 204 g/mol. The van der Waals surface area contributed by atoms with Gasteiger partial charge in [-0.25, -0.2) is 0 Å². The first kappa shape index (κ1) is 11.3. The molecule has 0 aromatic heterocycles. The van der Waals surface area contributed by atoms with E-state index in [1.807, 2.05) is 0 Å². The van der Waals surface area contributed by atoms with E-state index in [1.54, 1.807) is 0 Å². The van der Waals surface area contributed by atoms with Gasteiger partial charge in [-0.3, -0.25) is 0 Å². The Labute approximate surface area is 85.6 Å². The molecule has 0 spiro atoms. The topological polar surface area (TPSA) is 21.8 Å². The van der Waals surface area contributed by atoms with Crippen LogP contribution in [0.3, 0.4) is 0 Å². The zero-order valence-electron chi connectivity index (χ0n) is 8.84. The number of hydrogen-bond acceptors (Lipinski definition) is 3. The molecule has 0 amide bonds. The Bertz CT molecular complexity index is 140. The first-order valence-electron chi connectivity index (χ1n) is 5.16. The van der Waals surface area contributed by atoms with Gasteiger partial charge in [-0.1, -0.05) is 26.7 Å². The molecule has 1 heterocycles. The van der Waals surface area contributed by atoms with Gasteiger partial charge in [-0.05, 0) is 19.8 Å². The summed E-state index contributed by atoms with van der Waals surface area (Å²) in [5.41, 5.74) is 0.369. The van der Waals surface area contributed by atoms with Crippen LogP contribution in [0.5, 0.6) is 0 Å². The molecule has 1 aliphatic heterocycles. The van der Waals surface area contributed by atoms with Crippen LogP contribution in [-0.2, 0) is 8.92 Å². The Kier molecular flexibility index (Phi) is 4.56. The van der Waals surface area contributed by atoms with Gasteiger partial charge in [-0.2, -0.15) is 0 Å². The third kappa shape index (κ3) is 4.34. The van der Waals surface area contributed by atoms with Crippen LogP contribution in [0.25, 0.3) is 0 Å². The van der Waals surface area contributed by atoms with Gasteiger partial charge in [-0.15, -0.1) is 0 Å². The summed E-state index contributed by atoms with van der Waals surface area (Å²) in [4.78, 5) is 0. The van der Waals surface area contributed by atoms with Crippen molar-refractivity contribution >= 4 is 12.0 Å². The van der Waals surface area contributed by atoms with Crippen molar-refractivity contribution in [3.63, 3.8) is 0 Å². The second kappa shape index (κ2) is 5.23. The first-order chi connectivity index (χ1) is 6.20. The number of rotatable bonds is 7. The van der Waals surface area contributed by atoms with E-state index < -0.39 is 0 Å². The minimum absolute atomic E-state index is 0.0557. The van der Waals surface area contributed by atoms with E-state index in [4.69, 9.17) is 8.92 Å². The van der Waals surface area contributed by atoms with Gasteiger partial charge in [0.2, 0.25) is 0 Å². The van der Waals surface area contributed by atoms with Crippen molar-refractivity contribution < 1.29 is 8.92 Å². The standard InChI is InChI=1S/C10H20O2S/c1-4-6-10(3,7-5-2)12-13-9-8-11-9/h9H,4-8H2,1-3H3. The van der Waals surface area contributed by atoms with E-state index in [-0.39, 0.29) is 5.60 Å². The smallest absolute Gasteiger partial charge is 0.152 e. The van der Waals surface area contributed by atoms with Crippen molar-refractivity contribution in [2.75, 3.05) is 6.61 Å². The lowest BCUT2D eigenvalue weighted by Gasteiger charge is -2.27. The minimum Gasteiger partial charge on any atom is -0.359 e. The minimum atomic E-state index is 0.0557. The zero-order chi connectivity index (χ0) is 9.73. The lowest BCUT2D eigenvalue weighted by Crippen LogP contribution is -2.25. The molecule has 1 atom stereocenters. The summed E-state index contributed by atoms with van der Waals surface area (Å²) in [7, 11) is 0. The van der Waals surface area contributed by atoms with Crippen LogP contribution in [0.4, 0.5) is 0 Å². The fraction of sp³-hybridized carbons (Fsp3) is 1.00. The van der Waals surface area contributed by atoms with Crippen LogP contribution in [0.15, 0.2) is 0 Å². The number of ether oxygens (including phenoxy) is 1. The van der Waals surface area contributed by atoms with Gasteiger partial charge >= 0.3 is 0 Å². The van der Waals surface area contributed by atoms with Crippen LogP contribution >= 0.6 is 12.0 Å². The Morgan fingerprint density at radius 3 is 2.31 bits per heavy atom. The van der Waals surface area contributed by atoms with Crippen molar-refractivity contribution in [2.24, 2.45) is 0 Å². The van der Waals surface area contributed by atoms with Gasteiger partial charge in [0.25, 0.3) is 0 Å². The predicted molar refractivity (Wildman–Crippen MR) is 56.6 cm³/mol. The molecule has 0 N–H and O–H groups in total. The molecule has 1 unspecified atom stereocenters. The van der Waals surface area contributed by atoms with Crippen molar-refractivity contribution in [3.8, 4) is 0 Å². The third-order valence-electron chi connectivity index (χ3n) is 2.22. The molecule has 0 radical (unpaired) electrons. The second-order valence-electron chi connectivity index (χ2n) is 3.89. The molecule has 0 aliphatic carbocycles. The predicted octanol–water partition coefficient (Wildman–Crippen LogP) is 3.37. The third-order valence-corrected chi connectivity index (χ3v) is 3.20. The zero-order valence-corrected chi connectivity index (χ0v) is 9.65. The fourth-order valence-electron chi connectivity index (χ4n) is 1.53. The quantitative estimate of drug-likeness (QED) is 0.469. The maximum atomic E-state index is 5.83. The lowest BCUT2D eigenvalue weighted by molar-refractivity contribution is 0.0926. The molecule has 78 valence electrons. The van der Waals surface area contributed by atoms with Crippen molar-refractivity contribution in [3.05, 3.63) is 0 Å². The molecule has 1 saturated heterocycles. The molecule has 1 rings (SSSR count). The molecule has 13 heavy (non-hydrogen) atoms. The van der Waals surface area contributed by atoms with Gasteiger partial charge in [0.05, 0.1) is 12.2 Å². The van der Waals surface area contributed by atoms with E-state index in [1.165, 1.54) is 24.9 Å². The molecular weight excluding hydrogens is 184 g/mol. The first-order valence-corrected chi connectivity index (χ1v) is 5.97. The van der Waals surface area contributed by atoms with Crippen LogP contribution in [0.1, 0.15) is 46.5 Å². The summed E-state index contributed by atoms with van der Waals surface area (Å²) in [6.45, 7) is 7.47. The summed E-state index contributed by atoms with van der Waals surface area (Å²) in [6.07, 6.45) is 4.65. The lowest BCUT2D eigenvalue weighted by atomic mass is 9.95. The maximum absolute atomic E-state index is 5.83. The summed E-state index contributed by atoms with van der Waals surface area (Å²) in [5.74, 6) is 0. The average Bonchev–Trinajstić information content (AvgIpc) is 2.85. The normalized spacial score (nSPS) is 21.9. The second-order valence-corrected chi connectivity index (χ2v) is 4.78. The highest BCUT2D eigenvalue weighted by molar-refractivity contribution is 7.95. The molecule has 0 aromatic carbocycles. The van der Waals surface area contributed by atoms with Crippen LogP contribution in [0.2, 0.25) is 0 Å². The highest BCUT2D eigenvalue weighted by atomic mass is 32.2. The highest BCUT2D eigenvalue weighted by Crippen LogP contribution is 2.34. The van der Waals surface area contributed by atoms with E-state index in [9.17, 15) is 0 Å². The molecular formula is C10H20O2S. The molecule has 3 heteroatoms. The molecule has 0 aromatic rings. The van der Waals surface area contributed by atoms with Crippen LogP contribution < -0.4 is 0 Å². The van der Waals surface area contributed by atoms with Gasteiger partial charge in [0.15, 0.2) is 5.44 Å². The fourth-order valence-corrected chi connectivity index (χ4v) is 2.23. The molecule has 2 nitrogen and oxygen atoms in total. The van der Waals surface area contributed by atoms with Crippen LogP contribution in [0, 0.1) is 0 Å². The maximum Gasteiger partial charge on any atom is 0.152 e. The highest BCUT2D eigenvalue weighted by Gasteiger charge is 2.30. The monoisotopic (exact) mass is 204 g/mol. The number of hydrogen-bond donors (Lipinski definition) is 0. The van der Waals surface area contributed by atoms with Crippen molar-refractivity contribution in [1.29, 1.82) is 0 Å². The largest absolute Gasteiger partial charge is 0.359 e. The van der Waals surface area contributed by atoms with Crippen molar-refractivity contribution in [1.82, 2.24) is 0 Å². The summed E-state index contributed by atoms with van der Waals surface area (Å²) in [6, 6.07) is 0. The van der Waals surface area contributed by atoms with Gasteiger partial charge < -0.3 is 8.92 Å². The van der Waals surface area contributed by atoms with Gasteiger partial charge in [0.1, 0.15) is 0 Å². The Morgan fingerprint density at radius 1 is 1.38 bits per heavy atom. The Balaban J connectivity index is 2.24. The molecule has 0 bridgehead atoms. The molecule has 0 saturated carbocycles. The SMILES string of the molecule is CCCC(C)(CCC)OSC1CO1. The van der Waals surface area contributed by atoms with Gasteiger partial charge in [0, 0.05) is 12.0 Å². The van der Waals surface area contributed by atoms with E-state index in [0.717, 1.165) is 19.4 Å². The van der Waals surface area contributed by atoms with E-state index in [2.05, 4.69) is 20.8 Å². The molecule has 1 aliphatic rings. The molecule has 1 fully saturated rings. The van der Waals surface area contributed by atoms with Crippen LogP contribution in [-0.4, -0.2) is 17.6 Å². The van der Waals surface area contributed by atoms with Crippen molar-refractivity contribution in [2.45, 2.75) is 57.5 Å². The van der Waals surface area contributed by atoms with E-state index >= 15 is 0 Å². The Morgan fingerprint density at radius 2 is 1.92 bits per heavy atom. The van der Waals surface area contributed by atoms with E-state index in [0.29, 0.717) is 5.44 Å². The Hall–Kier alpha value is 0.270.